The van der Waals surface area contributed by atoms with Gasteiger partial charge in [-0.25, -0.2) is 4.98 Å². The SMILES string of the molecule is CCn1c(-c2cc(N)cc(Br)c2)nc2cc(C)ccc21. The van der Waals surface area contributed by atoms with Crippen LogP contribution in [-0.4, -0.2) is 9.55 Å². The zero-order valence-electron chi connectivity index (χ0n) is 11.5. The summed E-state index contributed by atoms with van der Waals surface area (Å²) >= 11 is 3.50. The van der Waals surface area contributed by atoms with Crippen LogP contribution in [0.1, 0.15) is 12.5 Å². The molecule has 4 heteroatoms. The van der Waals surface area contributed by atoms with Gasteiger partial charge in [-0.15, -0.1) is 0 Å². The lowest BCUT2D eigenvalue weighted by atomic mass is 10.2. The number of hydrogen-bond donors (Lipinski definition) is 1. The zero-order valence-corrected chi connectivity index (χ0v) is 13.1. The fraction of sp³-hybridized carbons (Fsp3) is 0.188. The van der Waals surface area contributed by atoms with Crippen molar-refractivity contribution in [3.63, 3.8) is 0 Å². The van der Waals surface area contributed by atoms with Gasteiger partial charge in [0.05, 0.1) is 11.0 Å². The van der Waals surface area contributed by atoms with Crippen LogP contribution in [-0.2, 0) is 6.54 Å². The Morgan fingerprint density at radius 3 is 2.70 bits per heavy atom. The van der Waals surface area contributed by atoms with Gasteiger partial charge in [-0.05, 0) is 49.7 Å². The number of fused-ring (bicyclic) bond motifs is 1. The van der Waals surface area contributed by atoms with Crippen LogP contribution in [0.3, 0.4) is 0 Å². The monoisotopic (exact) mass is 329 g/mol. The number of hydrogen-bond acceptors (Lipinski definition) is 2. The molecule has 0 aliphatic rings. The molecule has 0 saturated heterocycles. The Kier molecular flexibility index (Phi) is 3.26. The fourth-order valence-corrected chi connectivity index (χ4v) is 3.03. The van der Waals surface area contributed by atoms with Gasteiger partial charge in [-0.1, -0.05) is 22.0 Å². The van der Waals surface area contributed by atoms with Crippen molar-refractivity contribution in [3.8, 4) is 11.4 Å². The molecule has 0 fully saturated rings. The van der Waals surface area contributed by atoms with Gasteiger partial charge in [0.15, 0.2) is 0 Å². The molecule has 0 saturated carbocycles. The molecule has 0 aliphatic carbocycles. The second-order valence-corrected chi connectivity index (χ2v) is 5.86. The van der Waals surface area contributed by atoms with E-state index >= 15 is 0 Å². The van der Waals surface area contributed by atoms with Gasteiger partial charge in [-0.3, -0.25) is 0 Å². The molecule has 3 nitrogen and oxygen atoms in total. The van der Waals surface area contributed by atoms with Crippen molar-refractivity contribution >= 4 is 32.7 Å². The number of imidazole rings is 1. The van der Waals surface area contributed by atoms with Crippen LogP contribution in [0.15, 0.2) is 40.9 Å². The van der Waals surface area contributed by atoms with Gasteiger partial charge < -0.3 is 10.3 Å². The Bertz CT molecular complexity index is 770. The number of rotatable bonds is 2. The Morgan fingerprint density at radius 2 is 2.00 bits per heavy atom. The molecule has 0 bridgehead atoms. The second-order valence-electron chi connectivity index (χ2n) is 4.95. The molecule has 2 aromatic carbocycles. The summed E-state index contributed by atoms with van der Waals surface area (Å²) in [6, 6.07) is 12.3. The van der Waals surface area contributed by atoms with E-state index in [1.54, 1.807) is 0 Å². The summed E-state index contributed by atoms with van der Waals surface area (Å²) in [5.41, 5.74) is 11.1. The number of halogens is 1. The average Bonchev–Trinajstić information content (AvgIpc) is 2.75. The number of nitrogens with two attached hydrogens (primary N) is 1. The maximum absolute atomic E-state index is 5.94. The van der Waals surface area contributed by atoms with E-state index in [4.69, 9.17) is 10.7 Å². The number of aromatic nitrogens is 2. The van der Waals surface area contributed by atoms with Crippen molar-refractivity contribution in [1.29, 1.82) is 0 Å². The lowest BCUT2D eigenvalue weighted by Crippen LogP contribution is -1.98. The van der Waals surface area contributed by atoms with E-state index in [0.29, 0.717) is 0 Å². The van der Waals surface area contributed by atoms with Gasteiger partial charge in [0, 0.05) is 22.3 Å². The maximum Gasteiger partial charge on any atom is 0.141 e. The summed E-state index contributed by atoms with van der Waals surface area (Å²) in [5, 5.41) is 0. The highest BCUT2D eigenvalue weighted by Crippen LogP contribution is 2.29. The van der Waals surface area contributed by atoms with Crippen molar-refractivity contribution in [2.24, 2.45) is 0 Å². The largest absolute Gasteiger partial charge is 0.399 e. The molecule has 0 amide bonds. The van der Waals surface area contributed by atoms with Crippen molar-refractivity contribution in [2.75, 3.05) is 5.73 Å². The average molecular weight is 330 g/mol. The van der Waals surface area contributed by atoms with Crippen LogP contribution in [0.25, 0.3) is 22.4 Å². The van der Waals surface area contributed by atoms with Crippen molar-refractivity contribution in [3.05, 3.63) is 46.4 Å². The molecule has 0 spiro atoms. The zero-order chi connectivity index (χ0) is 14.3. The van der Waals surface area contributed by atoms with Crippen LogP contribution in [0.4, 0.5) is 5.69 Å². The van der Waals surface area contributed by atoms with Crippen LogP contribution in [0, 0.1) is 6.92 Å². The van der Waals surface area contributed by atoms with Gasteiger partial charge in [0.2, 0.25) is 0 Å². The number of aryl methyl sites for hydroxylation is 2. The quantitative estimate of drug-likeness (QED) is 0.709. The lowest BCUT2D eigenvalue weighted by Gasteiger charge is -2.07. The van der Waals surface area contributed by atoms with E-state index in [9.17, 15) is 0 Å². The minimum atomic E-state index is 0.736. The first-order valence-electron chi connectivity index (χ1n) is 6.62. The molecule has 2 N–H and O–H groups in total. The second kappa shape index (κ2) is 4.94. The Morgan fingerprint density at radius 1 is 1.20 bits per heavy atom. The van der Waals surface area contributed by atoms with Crippen molar-refractivity contribution in [2.45, 2.75) is 20.4 Å². The highest BCUT2D eigenvalue weighted by molar-refractivity contribution is 9.10. The van der Waals surface area contributed by atoms with Crippen molar-refractivity contribution in [1.82, 2.24) is 9.55 Å². The molecule has 102 valence electrons. The van der Waals surface area contributed by atoms with Crippen LogP contribution in [0.2, 0.25) is 0 Å². The van der Waals surface area contributed by atoms with Crippen LogP contribution < -0.4 is 5.73 Å². The topological polar surface area (TPSA) is 43.8 Å². The molecule has 0 radical (unpaired) electrons. The molecule has 3 rings (SSSR count). The Balaban J connectivity index is 2.29. The first-order chi connectivity index (χ1) is 9.58. The molecule has 0 atom stereocenters. The summed E-state index contributed by atoms with van der Waals surface area (Å²) in [4.78, 5) is 4.78. The molecular weight excluding hydrogens is 314 g/mol. The summed E-state index contributed by atoms with van der Waals surface area (Å²) in [7, 11) is 0. The lowest BCUT2D eigenvalue weighted by molar-refractivity contribution is 0.796. The van der Waals surface area contributed by atoms with Gasteiger partial charge in [-0.2, -0.15) is 0 Å². The molecule has 3 aromatic rings. The predicted octanol–water partition coefficient (Wildman–Crippen LogP) is 4.38. The highest BCUT2D eigenvalue weighted by atomic mass is 79.9. The maximum atomic E-state index is 5.94. The normalized spacial score (nSPS) is 11.2. The summed E-state index contributed by atoms with van der Waals surface area (Å²) in [6.45, 7) is 5.09. The molecule has 0 aliphatic heterocycles. The summed E-state index contributed by atoms with van der Waals surface area (Å²) in [5.74, 6) is 0.959. The van der Waals surface area contributed by atoms with E-state index in [-0.39, 0.29) is 0 Å². The number of benzene rings is 2. The molecule has 1 heterocycles. The highest BCUT2D eigenvalue weighted by Gasteiger charge is 2.12. The Labute approximate surface area is 126 Å². The molecule has 0 unspecified atom stereocenters. The van der Waals surface area contributed by atoms with Crippen molar-refractivity contribution < 1.29 is 0 Å². The van der Waals surface area contributed by atoms with Gasteiger partial charge >= 0.3 is 0 Å². The van der Waals surface area contributed by atoms with E-state index in [2.05, 4.69) is 58.6 Å². The number of nitrogens with zero attached hydrogens (tertiary/aromatic N) is 2. The van der Waals surface area contributed by atoms with E-state index < -0.39 is 0 Å². The fourth-order valence-electron chi connectivity index (χ4n) is 2.52. The third-order valence-electron chi connectivity index (χ3n) is 3.40. The summed E-state index contributed by atoms with van der Waals surface area (Å²) in [6.07, 6.45) is 0. The minimum Gasteiger partial charge on any atom is -0.399 e. The number of anilines is 1. The minimum absolute atomic E-state index is 0.736. The first-order valence-corrected chi connectivity index (χ1v) is 7.41. The molecular formula is C16H16BrN3. The molecule has 1 aromatic heterocycles. The number of nitrogen functional groups attached to an aromatic ring is 1. The van der Waals surface area contributed by atoms with Gasteiger partial charge in [0.25, 0.3) is 0 Å². The molecule has 20 heavy (non-hydrogen) atoms. The predicted molar refractivity (Wildman–Crippen MR) is 87.7 cm³/mol. The Hall–Kier alpha value is -1.81. The third kappa shape index (κ3) is 2.20. The van der Waals surface area contributed by atoms with Crippen LogP contribution >= 0.6 is 15.9 Å². The standard InChI is InChI=1S/C16H16BrN3/c1-3-20-15-5-4-10(2)6-14(15)19-16(20)11-7-12(17)9-13(18)8-11/h4-9H,3,18H2,1-2H3. The summed E-state index contributed by atoms with van der Waals surface area (Å²) < 4.78 is 3.19. The third-order valence-corrected chi connectivity index (χ3v) is 3.86. The van der Waals surface area contributed by atoms with E-state index in [1.807, 2.05) is 12.1 Å². The van der Waals surface area contributed by atoms with Crippen LogP contribution in [0.5, 0.6) is 0 Å². The first kappa shape index (κ1) is 13.2. The van der Waals surface area contributed by atoms with Gasteiger partial charge in [0.1, 0.15) is 5.82 Å². The van der Waals surface area contributed by atoms with E-state index in [1.165, 1.54) is 5.56 Å². The smallest absolute Gasteiger partial charge is 0.141 e. The van der Waals surface area contributed by atoms with E-state index in [0.717, 1.165) is 39.1 Å².